The number of hydrogen-bond acceptors (Lipinski definition) is 5. The van der Waals surface area contributed by atoms with E-state index in [-0.39, 0.29) is 35.7 Å². The number of ether oxygens (including phenoxy) is 2. The van der Waals surface area contributed by atoms with E-state index in [1.165, 1.54) is 12.8 Å². The van der Waals surface area contributed by atoms with Crippen LogP contribution >= 0.6 is 0 Å². The third kappa shape index (κ3) is 4.76. The van der Waals surface area contributed by atoms with E-state index in [4.69, 9.17) is 9.47 Å². The first kappa shape index (κ1) is 22.9. The van der Waals surface area contributed by atoms with E-state index in [2.05, 4.69) is 38.0 Å². The van der Waals surface area contributed by atoms with Crippen LogP contribution in [-0.2, 0) is 19.7 Å². The van der Waals surface area contributed by atoms with Crippen LogP contribution in [0, 0.1) is 11.8 Å². The standard InChI is InChI=1S/C24H36N2O4/c1-6-24(3)16(2)22(26(4)14-17-7-8-17)23(28)19-10-9-18(13-20(19)24)25-21(27)15-30-12-11-29-5/h9-10,13,16-17,22H,6-8,11-12,14-15H2,1-5H3,(H,25,27)/t16-,22?,24+/m0/s1. The number of anilines is 1. The van der Waals surface area contributed by atoms with Crippen molar-refractivity contribution in [2.45, 2.75) is 51.5 Å². The summed E-state index contributed by atoms with van der Waals surface area (Å²) in [5.74, 6) is 0.927. The number of benzene rings is 1. The molecule has 6 nitrogen and oxygen atoms in total. The Hall–Kier alpha value is -1.76. The lowest BCUT2D eigenvalue weighted by Gasteiger charge is -2.47. The fourth-order valence-corrected chi connectivity index (χ4v) is 4.71. The second-order valence-electron chi connectivity index (χ2n) is 9.11. The molecule has 0 bridgehead atoms. The largest absolute Gasteiger partial charge is 0.382 e. The molecule has 3 rings (SSSR count). The van der Waals surface area contributed by atoms with Crippen LogP contribution in [0.3, 0.4) is 0 Å². The predicted molar refractivity (Wildman–Crippen MR) is 118 cm³/mol. The van der Waals surface area contributed by atoms with Crippen molar-refractivity contribution >= 4 is 17.4 Å². The summed E-state index contributed by atoms with van der Waals surface area (Å²) in [6.07, 6.45) is 3.48. The van der Waals surface area contributed by atoms with Gasteiger partial charge in [0.25, 0.3) is 0 Å². The smallest absolute Gasteiger partial charge is 0.250 e. The number of ketones is 1. The summed E-state index contributed by atoms with van der Waals surface area (Å²) in [5, 5.41) is 2.90. The zero-order valence-corrected chi connectivity index (χ0v) is 19.0. The molecule has 0 saturated heterocycles. The highest BCUT2D eigenvalue weighted by Crippen LogP contribution is 2.46. The molecule has 6 heteroatoms. The van der Waals surface area contributed by atoms with Crippen molar-refractivity contribution < 1.29 is 19.1 Å². The number of methoxy groups -OCH3 is 1. The van der Waals surface area contributed by atoms with E-state index >= 15 is 0 Å². The topological polar surface area (TPSA) is 67.9 Å². The quantitative estimate of drug-likeness (QED) is 0.591. The highest BCUT2D eigenvalue weighted by atomic mass is 16.5. The molecular weight excluding hydrogens is 380 g/mol. The molecule has 3 atom stereocenters. The summed E-state index contributed by atoms with van der Waals surface area (Å²) in [7, 11) is 3.69. The van der Waals surface area contributed by atoms with Gasteiger partial charge >= 0.3 is 0 Å². The Labute approximate surface area is 180 Å². The lowest BCUT2D eigenvalue weighted by molar-refractivity contribution is -0.121. The normalized spacial score (nSPS) is 26.0. The summed E-state index contributed by atoms with van der Waals surface area (Å²) < 4.78 is 10.2. The van der Waals surface area contributed by atoms with Crippen LogP contribution < -0.4 is 5.32 Å². The summed E-state index contributed by atoms with van der Waals surface area (Å²) in [5.41, 5.74) is 2.40. The number of Topliss-reactive ketones (excluding diaryl/α,β-unsaturated/α-hetero) is 1. The molecule has 1 saturated carbocycles. The Balaban J connectivity index is 1.80. The predicted octanol–water partition coefficient (Wildman–Crippen LogP) is 3.50. The van der Waals surface area contributed by atoms with Crippen molar-refractivity contribution in [3.8, 4) is 0 Å². The molecule has 0 aliphatic heterocycles. The Morgan fingerprint density at radius 2 is 2.03 bits per heavy atom. The second-order valence-corrected chi connectivity index (χ2v) is 9.11. The Morgan fingerprint density at radius 1 is 1.30 bits per heavy atom. The maximum absolute atomic E-state index is 13.4. The molecular formula is C24H36N2O4. The third-order valence-electron chi connectivity index (χ3n) is 7.05. The van der Waals surface area contributed by atoms with Gasteiger partial charge in [0.15, 0.2) is 5.78 Å². The number of hydrogen-bond donors (Lipinski definition) is 1. The Morgan fingerprint density at radius 3 is 2.67 bits per heavy atom. The molecule has 1 N–H and O–H groups in total. The first-order valence-electron chi connectivity index (χ1n) is 11.1. The molecule has 30 heavy (non-hydrogen) atoms. The average Bonchev–Trinajstić information content (AvgIpc) is 3.53. The van der Waals surface area contributed by atoms with Crippen molar-refractivity contribution in [3.63, 3.8) is 0 Å². The molecule has 1 fully saturated rings. The summed E-state index contributed by atoms with van der Waals surface area (Å²) >= 11 is 0. The van der Waals surface area contributed by atoms with Crippen molar-refractivity contribution in [1.29, 1.82) is 0 Å². The molecule has 1 unspecified atom stereocenters. The van der Waals surface area contributed by atoms with Gasteiger partial charge in [0, 0.05) is 24.9 Å². The molecule has 0 heterocycles. The summed E-state index contributed by atoms with van der Waals surface area (Å²) in [6.45, 7) is 8.44. The van der Waals surface area contributed by atoms with Gasteiger partial charge in [-0.25, -0.2) is 0 Å². The van der Waals surface area contributed by atoms with Crippen molar-refractivity contribution in [2.24, 2.45) is 11.8 Å². The molecule has 1 aromatic rings. The number of nitrogens with one attached hydrogen (secondary N) is 1. The minimum atomic E-state index is -0.207. The van der Waals surface area contributed by atoms with Gasteiger partial charge in [-0.05, 0) is 67.3 Å². The molecule has 2 aliphatic rings. The number of nitrogens with zero attached hydrogens (tertiary/aromatic N) is 1. The molecule has 166 valence electrons. The van der Waals surface area contributed by atoms with Crippen LogP contribution in [0.15, 0.2) is 18.2 Å². The van der Waals surface area contributed by atoms with Gasteiger partial charge in [0.05, 0.1) is 19.3 Å². The van der Waals surface area contributed by atoms with Crippen molar-refractivity contribution in [2.75, 3.05) is 45.8 Å². The van der Waals surface area contributed by atoms with Crippen LogP contribution in [-0.4, -0.2) is 63.2 Å². The lowest BCUT2D eigenvalue weighted by atomic mass is 9.61. The van der Waals surface area contributed by atoms with Crippen LogP contribution in [0.2, 0.25) is 0 Å². The number of likely N-dealkylation sites (N-methyl/N-ethyl adjacent to an activating group) is 1. The van der Waals surface area contributed by atoms with E-state index in [0.717, 1.165) is 30.0 Å². The fourth-order valence-electron chi connectivity index (χ4n) is 4.71. The van der Waals surface area contributed by atoms with Gasteiger partial charge in [-0.15, -0.1) is 0 Å². The maximum Gasteiger partial charge on any atom is 0.250 e. The Bertz CT molecular complexity index is 776. The molecule has 0 aromatic heterocycles. The van der Waals surface area contributed by atoms with E-state index in [1.54, 1.807) is 7.11 Å². The first-order chi connectivity index (χ1) is 14.3. The van der Waals surface area contributed by atoms with Gasteiger partial charge in [-0.2, -0.15) is 0 Å². The number of fused-ring (bicyclic) bond motifs is 1. The van der Waals surface area contributed by atoms with E-state index in [1.807, 2.05) is 18.2 Å². The first-order valence-corrected chi connectivity index (χ1v) is 11.1. The summed E-state index contributed by atoms with van der Waals surface area (Å²) in [6, 6.07) is 5.60. The number of carbonyl (C=O) groups excluding carboxylic acids is 2. The third-order valence-corrected chi connectivity index (χ3v) is 7.05. The minimum absolute atomic E-state index is 0.0190. The molecule has 0 radical (unpaired) electrons. The SMILES string of the molecule is CC[C@@]1(C)c2cc(NC(=O)COCCOC)ccc2C(=O)C(N(C)CC2CC2)[C@@H]1C. The number of amides is 1. The minimum Gasteiger partial charge on any atom is -0.382 e. The lowest BCUT2D eigenvalue weighted by Crippen LogP contribution is -2.54. The maximum atomic E-state index is 13.4. The van der Waals surface area contributed by atoms with E-state index in [9.17, 15) is 9.59 Å². The second kappa shape index (κ2) is 9.58. The monoisotopic (exact) mass is 416 g/mol. The molecule has 2 aliphatic carbocycles. The highest BCUT2D eigenvalue weighted by Gasteiger charge is 2.48. The molecule has 1 amide bonds. The van der Waals surface area contributed by atoms with Gasteiger partial charge in [-0.1, -0.05) is 20.8 Å². The van der Waals surface area contributed by atoms with Gasteiger partial charge in [-0.3, -0.25) is 14.5 Å². The van der Waals surface area contributed by atoms with Crippen LogP contribution in [0.25, 0.3) is 0 Å². The molecule has 1 aromatic carbocycles. The Kier molecular flexibility index (Phi) is 7.32. The van der Waals surface area contributed by atoms with Crippen LogP contribution in [0.5, 0.6) is 0 Å². The zero-order valence-electron chi connectivity index (χ0n) is 19.0. The van der Waals surface area contributed by atoms with Gasteiger partial charge < -0.3 is 14.8 Å². The summed E-state index contributed by atoms with van der Waals surface area (Å²) in [4.78, 5) is 27.9. The van der Waals surface area contributed by atoms with Crippen molar-refractivity contribution in [1.82, 2.24) is 4.90 Å². The fraction of sp³-hybridized carbons (Fsp3) is 0.667. The highest BCUT2D eigenvalue weighted by molar-refractivity contribution is 6.04. The van der Waals surface area contributed by atoms with E-state index in [0.29, 0.717) is 18.9 Å². The van der Waals surface area contributed by atoms with Crippen molar-refractivity contribution in [3.05, 3.63) is 29.3 Å². The zero-order chi connectivity index (χ0) is 21.9. The van der Waals surface area contributed by atoms with Gasteiger partial charge in [0.2, 0.25) is 5.91 Å². The number of rotatable bonds is 10. The van der Waals surface area contributed by atoms with E-state index < -0.39 is 0 Å². The average molecular weight is 417 g/mol. The van der Waals surface area contributed by atoms with Gasteiger partial charge in [0.1, 0.15) is 6.61 Å². The van der Waals surface area contributed by atoms with Crippen LogP contribution in [0.1, 0.15) is 56.0 Å². The van der Waals surface area contributed by atoms with Crippen LogP contribution in [0.4, 0.5) is 5.69 Å². The number of carbonyl (C=O) groups is 2. The molecule has 0 spiro atoms.